The summed E-state index contributed by atoms with van der Waals surface area (Å²) in [6, 6.07) is 6.76. The quantitative estimate of drug-likeness (QED) is 0.578. The number of aromatic nitrogens is 2. The first-order chi connectivity index (χ1) is 15.5. The summed E-state index contributed by atoms with van der Waals surface area (Å²) >= 11 is 6.03. The van der Waals surface area contributed by atoms with Gasteiger partial charge in [0.15, 0.2) is 17.2 Å². The number of halogens is 1. The van der Waals surface area contributed by atoms with Gasteiger partial charge in [-0.25, -0.2) is 4.98 Å². The van der Waals surface area contributed by atoms with Crippen molar-refractivity contribution in [1.82, 2.24) is 14.9 Å². The molecule has 0 aliphatic carbocycles. The molecule has 3 heterocycles. The second-order valence-electron chi connectivity index (χ2n) is 7.87. The molecule has 0 saturated carbocycles. The summed E-state index contributed by atoms with van der Waals surface area (Å²) in [6.45, 7) is 2.78. The molecule has 1 aliphatic heterocycles. The number of aliphatic hydroxyl groups is 1. The maximum atomic E-state index is 13.3. The predicted octanol–water partition coefficient (Wildman–Crippen LogP) is 3.28. The number of benzene rings is 1. The molecule has 0 radical (unpaired) electrons. The highest BCUT2D eigenvalue weighted by atomic mass is 35.5. The first kappa shape index (κ1) is 22.5. The van der Waals surface area contributed by atoms with Crippen LogP contribution in [0.2, 0.25) is 5.02 Å². The van der Waals surface area contributed by atoms with E-state index in [0.717, 1.165) is 5.69 Å². The van der Waals surface area contributed by atoms with Crippen LogP contribution < -0.4 is 4.74 Å². The summed E-state index contributed by atoms with van der Waals surface area (Å²) in [5.41, 5.74) is 2.36. The number of methoxy groups -OCH3 is 1. The number of carbonyl (C=O) groups excluding carboxylic acids is 1. The lowest BCUT2D eigenvalue weighted by molar-refractivity contribution is -0.0486. The zero-order valence-electron chi connectivity index (χ0n) is 18.1. The van der Waals surface area contributed by atoms with Crippen LogP contribution >= 0.6 is 11.6 Å². The largest absolute Gasteiger partial charge is 0.493 e. The highest BCUT2D eigenvalue weighted by Gasteiger charge is 2.31. The van der Waals surface area contributed by atoms with Crippen LogP contribution in [0.5, 0.6) is 5.75 Å². The van der Waals surface area contributed by atoms with Crippen molar-refractivity contribution < 1.29 is 23.8 Å². The topological polar surface area (TPSA) is 97.9 Å². The van der Waals surface area contributed by atoms with Gasteiger partial charge in [0.05, 0.1) is 25.9 Å². The normalized spacial score (nSPS) is 18.8. The maximum absolute atomic E-state index is 13.3. The summed E-state index contributed by atoms with van der Waals surface area (Å²) in [5, 5.41) is 10.0. The number of fused-ring (bicyclic) bond motifs is 1. The summed E-state index contributed by atoms with van der Waals surface area (Å²) in [7, 11) is 1.53. The molecule has 1 aliphatic rings. The van der Waals surface area contributed by atoms with Crippen LogP contribution in [0, 0.1) is 0 Å². The van der Waals surface area contributed by atoms with Gasteiger partial charge in [0, 0.05) is 42.0 Å². The van der Waals surface area contributed by atoms with Gasteiger partial charge in [-0.3, -0.25) is 9.78 Å². The minimum Gasteiger partial charge on any atom is -0.493 e. The highest BCUT2D eigenvalue weighted by Crippen LogP contribution is 2.30. The minimum atomic E-state index is -0.177. The zero-order valence-corrected chi connectivity index (χ0v) is 18.8. The number of aryl methyl sites for hydroxylation is 2. The minimum absolute atomic E-state index is 0.0112. The number of amides is 1. The van der Waals surface area contributed by atoms with Crippen LogP contribution in [0.25, 0.3) is 11.1 Å². The fraction of sp³-hybridized carbons (Fsp3) is 0.435. The SMILES string of the molecule is COc1cc(C(=O)N2CC(C)OCC2CCO)cc2nc(CCc3cc(Cl)ccn3)oc12. The third-order valence-electron chi connectivity index (χ3n) is 5.53. The van der Waals surface area contributed by atoms with Gasteiger partial charge in [0.25, 0.3) is 5.91 Å². The van der Waals surface area contributed by atoms with Gasteiger partial charge in [-0.1, -0.05) is 11.6 Å². The van der Waals surface area contributed by atoms with Gasteiger partial charge in [-0.15, -0.1) is 0 Å². The molecule has 0 bridgehead atoms. The number of pyridine rings is 1. The predicted molar refractivity (Wildman–Crippen MR) is 119 cm³/mol. The molecule has 1 fully saturated rings. The van der Waals surface area contributed by atoms with Crippen molar-refractivity contribution in [3.05, 3.63) is 52.6 Å². The number of ether oxygens (including phenoxy) is 2. The van der Waals surface area contributed by atoms with Crippen molar-refractivity contribution in [2.75, 3.05) is 26.9 Å². The van der Waals surface area contributed by atoms with Crippen molar-refractivity contribution in [1.29, 1.82) is 0 Å². The summed E-state index contributed by atoms with van der Waals surface area (Å²) in [5.74, 6) is 0.833. The second kappa shape index (κ2) is 9.85. The Balaban J connectivity index is 1.59. The van der Waals surface area contributed by atoms with E-state index in [0.29, 0.717) is 65.7 Å². The lowest BCUT2D eigenvalue weighted by atomic mass is 10.1. The fourth-order valence-corrected chi connectivity index (χ4v) is 4.08. The Hall–Kier alpha value is -2.68. The van der Waals surface area contributed by atoms with E-state index < -0.39 is 0 Å². The number of oxazole rings is 1. The molecule has 3 aromatic rings. The van der Waals surface area contributed by atoms with Gasteiger partial charge in [0.2, 0.25) is 0 Å². The number of aliphatic hydroxyl groups excluding tert-OH is 1. The number of hydrogen-bond acceptors (Lipinski definition) is 7. The summed E-state index contributed by atoms with van der Waals surface area (Å²) < 4.78 is 17.1. The van der Waals surface area contributed by atoms with E-state index in [1.54, 1.807) is 29.3 Å². The average molecular weight is 460 g/mol. The van der Waals surface area contributed by atoms with E-state index in [-0.39, 0.29) is 24.7 Å². The molecule has 170 valence electrons. The van der Waals surface area contributed by atoms with Crippen molar-refractivity contribution in [2.45, 2.75) is 38.3 Å². The van der Waals surface area contributed by atoms with Crippen LogP contribution in [0.15, 0.2) is 34.9 Å². The van der Waals surface area contributed by atoms with Crippen LogP contribution in [0.1, 0.15) is 35.3 Å². The number of nitrogens with zero attached hydrogens (tertiary/aromatic N) is 3. The van der Waals surface area contributed by atoms with E-state index in [4.69, 9.17) is 25.5 Å². The summed E-state index contributed by atoms with van der Waals surface area (Å²) in [4.78, 5) is 24.0. The molecule has 2 atom stereocenters. The van der Waals surface area contributed by atoms with Gasteiger partial charge in [0.1, 0.15) is 5.52 Å². The lowest BCUT2D eigenvalue weighted by Gasteiger charge is -2.38. The standard InChI is InChI=1S/C23H26ClN3O5/c1-14-12-27(18(6-8-28)13-31-14)23(29)15-9-19-22(20(10-15)30-2)32-21(26-19)4-3-17-11-16(24)5-7-25-17/h5,7,9-11,14,18,28H,3-4,6,8,12-13H2,1-2H3. The molecule has 9 heteroatoms. The molecule has 32 heavy (non-hydrogen) atoms. The summed E-state index contributed by atoms with van der Waals surface area (Å²) in [6.07, 6.45) is 3.22. The Morgan fingerprint density at radius 1 is 1.34 bits per heavy atom. The van der Waals surface area contributed by atoms with Crippen molar-refractivity contribution in [3.63, 3.8) is 0 Å². The third kappa shape index (κ3) is 4.87. The van der Waals surface area contributed by atoms with Gasteiger partial charge in [-0.05, 0) is 44.0 Å². The van der Waals surface area contributed by atoms with Crippen molar-refractivity contribution >= 4 is 28.6 Å². The number of carbonyl (C=O) groups is 1. The first-order valence-corrected chi connectivity index (χ1v) is 11.0. The molecular weight excluding hydrogens is 434 g/mol. The molecule has 2 unspecified atom stereocenters. The van der Waals surface area contributed by atoms with Crippen LogP contribution in [0.3, 0.4) is 0 Å². The van der Waals surface area contributed by atoms with E-state index in [1.807, 2.05) is 13.0 Å². The van der Waals surface area contributed by atoms with Crippen LogP contribution in [0.4, 0.5) is 0 Å². The Morgan fingerprint density at radius 3 is 2.94 bits per heavy atom. The molecule has 4 rings (SSSR count). The number of hydrogen-bond donors (Lipinski definition) is 1. The zero-order chi connectivity index (χ0) is 22.7. The third-order valence-corrected chi connectivity index (χ3v) is 5.77. The molecule has 8 nitrogen and oxygen atoms in total. The Bertz CT molecular complexity index is 1100. The molecule has 1 saturated heterocycles. The van der Waals surface area contributed by atoms with Gasteiger partial charge >= 0.3 is 0 Å². The van der Waals surface area contributed by atoms with Crippen LogP contribution in [-0.4, -0.2) is 64.9 Å². The Morgan fingerprint density at radius 2 is 2.19 bits per heavy atom. The van der Waals surface area contributed by atoms with Crippen LogP contribution in [-0.2, 0) is 17.6 Å². The molecule has 2 aromatic heterocycles. The number of morpholine rings is 1. The Labute approximate surface area is 191 Å². The van der Waals surface area contributed by atoms with E-state index >= 15 is 0 Å². The molecule has 1 amide bonds. The average Bonchev–Trinajstić information content (AvgIpc) is 3.21. The van der Waals surface area contributed by atoms with Gasteiger partial charge in [-0.2, -0.15) is 0 Å². The fourth-order valence-electron chi connectivity index (χ4n) is 3.90. The first-order valence-electron chi connectivity index (χ1n) is 10.6. The lowest BCUT2D eigenvalue weighted by Crippen LogP contribution is -2.51. The van der Waals surface area contributed by atoms with E-state index in [9.17, 15) is 9.90 Å². The molecule has 1 N–H and O–H groups in total. The van der Waals surface area contributed by atoms with Gasteiger partial charge < -0.3 is 23.9 Å². The highest BCUT2D eigenvalue weighted by molar-refractivity contribution is 6.30. The van der Waals surface area contributed by atoms with Crippen molar-refractivity contribution in [3.8, 4) is 5.75 Å². The van der Waals surface area contributed by atoms with Crippen molar-refractivity contribution in [2.24, 2.45) is 0 Å². The second-order valence-corrected chi connectivity index (χ2v) is 8.30. The van der Waals surface area contributed by atoms with E-state index in [1.165, 1.54) is 7.11 Å². The Kier molecular flexibility index (Phi) is 6.93. The molecule has 0 spiro atoms. The monoisotopic (exact) mass is 459 g/mol. The smallest absolute Gasteiger partial charge is 0.254 e. The van der Waals surface area contributed by atoms with E-state index in [2.05, 4.69) is 9.97 Å². The molecular formula is C23H26ClN3O5. The maximum Gasteiger partial charge on any atom is 0.254 e. The number of rotatable bonds is 7. The molecule has 1 aromatic carbocycles.